The maximum atomic E-state index is 8.24. The average molecular weight is 326 g/mol. The zero-order chi connectivity index (χ0) is 11.6. The minimum Gasteiger partial charge on any atom is -0.665 e. The van der Waals surface area contributed by atoms with Gasteiger partial charge >= 0.3 is 21.2 Å². The van der Waals surface area contributed by atoms with Gasteiger partial charge in [-0.1, -0.05) is 42.9 Å². The lowest BCUT2D eigenvalue weighted by molar-refractivity contribution is -0.597. The molecular weight excluding hydrogens is 315 g/mol. The quantitative estimate of drug-likeness (QED) is 0.593. The predicted molar refractivity (Wildman–Crippen MR) is 58.6 cm³/mol. The molecule has 2 nitrogen and oxygen atoms in total. The molecule has 0 spiro atoms. The van der Waals surface area contributed by atoms with Gasteiger partial charge in [-0.05, 0) is 24.3 Å². The van der Waals surface area contributed by atoms with Gasteiger partial charge < -0.3 is 9.90 Å². The van der Waals surface area contributed by atoms with Crippen molar-refractivity contribution in [2.24, 2.45) is 0 Å². The van der Waals surface area contributed by atoms with Gasteiger partial charge in [-0.25, -0.2) is 0 Å². The van der Waals surface area contributed by atoms with Crippen molar-refractivity contribution in [2.45, 2.75) is 0 Å². The zero-order valence-corrected chi connectivity index (χ0v) is 10.7. The van der Waals surface area contributed by atoms with Gasteiger partial charge in [0.05, 0.1) is 0 Å². The van der Waals surface area contributed by atoms with E-state index in [0.717, 1.165) is 0 Å². The Balaban J connectivity index is 0.000000386. The molecule has 0 bridgehead atoms. The Morgan fingerprint density at radius 1 is 0.812 bits per heavy atom. The van der Waals surface area contributed by atoms with Crippen LogP contribution in [-0.4, -0.2) is 11.6 Å². The molecule has 1 N–H and O–H groups in total. The SMILES string of the molecule is O=[C-]O.c1ccc([I+]c2ccccc2)cc1. The Morgan fingerprint density at radius 2 is 1.12 bits per heavy atom. The van der Waals surface area contributed by atoms with Crippen LogP contribution in [0.15, 0.2) is 60.7 Å². The smallest absolute Gasteiger partial charge is 0.357 e. The van der Waals surface area contributed by atoms with E-state index < -0.39 is 0 Å². The molecule has 0 atom stereocenters. The zero-order valence-electron chi connectivity index (χ0n) is 8.51. The maximum absolute atomic E-state index is 8.24. The van der Waals surface area contributed by atoms with E-state index in [9.17, 15) is 0 Å². The second-order valence-corrected chi connectivity index (χ2v) is 5.81. The summed E-state index contributed by atoms with van der Waals surface area (Å²) in [6.45, 7) is 0.500. The second-order valence-electron chi connectivity index (χ2n) is 2.78. The summed E-state index contributed by atoms with van der Waals surface area (Å²) >= 11 is 0.0287. The van der Waals surface area contributed by atoms with Gasteiger partial charge in [-0.15, -0.1) is 0 Å². The summed E-state index contributed by atoms with van der Waals surface area (Å²) in [5.74, 6) is 0. The first-order chi connectivity index (χ1) is 7.86. The van der Waals surface area contributed by atoms with Gasteiger partial charge in [0, 0.05) is 0 Å². The van der Waals surface area contributed by atoms with Crippen molar-refractivity contribution in [2.75, 3.05) is 0 Å². The number of aliphatic hydroxyl groups excluding tert-OH is 1. The fourth-order valence-electron chi connectivity index (χ4n) is 1.08. The highest BCUT2D eigenvalue weighted by Gasteiger charge is 2.12. The Hall–Kier alpha value is -1.36. The fourth-order valence-corrected chi connectivity index (χ4v) is 3.35. The lowest BCUT2D eigenvalue weighted by atomic mass is 10.4. The highest BCUT2D eigenvalue weighted by atomic mass is 127. The van der Waals surface area contributed by atoms with Crippen molar-refractivity contribution < 1.29 is 31.1 Å². The third-order valence-electron chi connectivity index (χ3n) is 1.68. The molecule has 0 aliphatic heterocycles. The molecular formula is C13H11IO2. The molecule has 0 unspecified atom stereocenters. The van der Waals surface area contributed by atoms with Crippen LogP contribution in [0.3, 0.4) is 0 Å². The molecule has 0 aromatic heterocycles. The monoisotopic (exact) mass is 326 g/mol. The van der Waals surface area contributed by atoms with Crippen molar-refractivity contribution in [1.29, 1.82) is 0 Å². The van der Waals surface area contributed by atoms with E-state index in [1.807, 2.05) is 0 Å². The van der Waals surface area contributed by atoms with Crippen LogP contribution in [0.2, 0.25) is 0 Å². The van der Waals surface area contributed by atoms with Gasteiger partial charge in [-0.2, -0.15) is 0 Å². The first kappa shape index (κ1) is 12.7. The molecule has 0 saturated carbocycles. The third kappa shape index (κ3) is 4.93. The molecule has 0 heterocycles. The molecule has 0 aliphatic carbocycles. The van der Waals surface area contributed by atoms with Crippen LogP contribution in [0.25, 0.3) is 0 Å². The lowest BCUT2D eigenvalue weighted by Gasteiger charge is -1.84. The van der Waals surface area contributed by atoms with Crippen molar-refractivity contribution in [3.8, 4) is 0 Å². The number of benzene rings is 2. The number of halogens is 1. The standard InChI is InChI=1S/C12H10I.CHO2/c1-3-7-11(8-4-1)13-12-9-5-2-6-10-12;2-1-3/h1-10H;(H,2,3)/q+1;-1. The van der Waals surface area contributed by atoms with E-state index in [1.54, 1.807) is 0 Å². The Labute approximate surface area is 105 Å². The summed E-state index contributed by atoms with van der Waals surface area (Å²) in [5.41, 5.74) is 0. The normalized spacial score (nSPS) is 8.75. The van der Waals surface area contributed by atoms with E-state index in [1.165, 1.54) is 7.14 Å². The summed E-state index contributed by atoms with van der Waals surface area (Å²) in [6, 6.07) is 21.4. The molecule has 2 aromatic rings. The average Bonchev–Trinajstić information content (AvgIpc) is 2.33. The van der Waals surface area contributed by atoms with E-state index >= 15 is 0 Å². The fraction of sp³-hybridized carbons (Fsp3) is 0. The Kier molecular flexibility index (Phi) is 6.25. The van der Waals surface area contributed by atoms with Crippen LogP contribution < -0.4 is 21.2 Å². The summed E-state index contributed by atoms with van der Waals surface area (Å²) < 4.78 is 2.96. The Morgan fingerprint density at radius 3 is 1.44 bits per heavy atom. The number of hydrogen-bond donors (Lipinski definition) is 1. The van der Waals surface area contributed by atoms with Gasteiger partial charge in [-0.3, -0.25) is 0 Å². The molecule has 0 fully saturated rings. The number of rotatable bonds is 2. The van der Waals surface area contributed by atoms with Crippen LogP contribution in [0.4, 0.5) is 0 Å². The van der Waals surface area contributed by atoms with Crippen LogP contribution in [0.1, 0.15) is 0 Å². The molecule has 82 valence electrons. The summed E-state index contributed by atoms with van der Waals surface area (Å²) in [5, 5.41) is 6.76. The first-order valence-electron chi connectivity index (χ1n) is 4.63. The van der Waals surface area contributed by atoms with Crippen LogP contribution in [-0.2, 0) is 4.79 Å². The Bertz CT molecular complexity index is 363. The molecule has 2 rings (SSSR count). The summed E-state index contributed by atoms with van der Waals surface area (Å²) in [7, 11) is 0. The molecule has 0 saturated heterocycles. The van der Waals surface area contributed by atoms with Crippen LogP contribution >= 0.6 is 0 Å². The summed E-state index contributed by atoms with van der Waals surface area (Å²) in [4.78, 5) is 8.24. The van der Waals surface area contributed by atoms with Crippen molar-refractivity contribution >= 4 is 6.47 Å². The molecule has 0 radical (unpaired) electrons. The summed E-state index contributed by atoms with van der Waals surface area (Å²) in [6.07, 6.45) is 0. The van der Waals surface area contributed by atoms with Gasteiger partial charge in [0.25, 0.3) is 0 Å². The lowest BCUT2D eigenvalue weighted by Crippen LogP contribution is -3.61. The number of hydrogen-bond acceptors (Lipinski definition) is 1. The largest absolute Gasteiger partial charge is 0.665 e. The molecule has 16 heavy (non-hydrogen) atoms. The minimum atomic E-state index is 0.0287. The first-order valence-corrected chi connectivity index (χ1v) is 6.78. The van der Waals surface area contributed by atoms with Crippen LogP contribution in [0, 0.1) is 7.14 Å². The van der Waals surface area contributed by atoms with Gasteiger partial charge in [0.15, 0.2) is 7.14 Å². The highest BCUT2D eigenvalue weighted by molar-refractivity contribution is 5.34. The van der Waals surface area contributed by atoms with Gasteiger partial charge in [0.2, 0.25) is 0 Å². The molecule has 2 aromatic carbocycles. The van der Waals surface area contributed by atoms with Crippen LogP contribution in [0.5, 0.6) is 0 Å². The maximum Gasteiger partial charge on any atom is 0.357 e. The van der Waals surface area contributed by atoms with E-state index in [0.29, 0.717) is 6.47 Å². The van der Waals surface area contributed by atoms with Crippen molar-refractivity contribution in [1.82, 2.24) is 0 Å². The van der Waals surface area contributed by atoms with Gasteiger partial charge in [0.1, 0.15) is 0 Å². The topological polar surface area (TPSA) is 37.3 Å². The van der Waals surface area contributed by atoms with E-state index in [-0.39, 0.29) is 21.2 Å². The van der Waals surface area contributed by atoms with E-state index in [4.69, 9.17) is 9.90 Å². The molecule has 3 heteroatoms. The third-order valence-corrected chi connectivity index (χ3v) is 4.37. The minimum absolute atomic E-state index is 0.0287. The molecule has 0 amide bonds. The van der Waals surface area contributed by atoms with Crippen molar-refractivity contribution in [3.63, 3.8) is 0 Å². The van der Waals surface area contributed by atoms with E-state index in [2.05, 4.69) is 60.7 Å². The predicted octanol–water partition coefficient (Wildman–Crippen LogP) is -0.573. The molecule has 0 aliphatic rings. The van der Waals surface area contributed by atoms with Crippen molar-refractivity contribution in [3.05, 3.63) is 67.8 Å². The second kappa shape index (κ2) is 7.87. The highest BCUT2D eigenvalue weighted by Crippen LogP contribution is 1.85.